The number of nitro benzene ring substituents is 1. The fourth-order valence-electron chi connectivity index (χ4n) is 1.59. The first-order valence-corrected chi connectivity index (χ1v) is 6.29. The molecule has 1 aromatic carbocycles. The molecule has 9 heteroatoms. The number of nitrogens with one attached hydrogen (secondary N) is 1. The molecule has 0 aliphatic rings. The summed E-state index contributed by atoms with van der Waals surface area (Å²) in [6.45, 7) is 1.65. The minimum Gasteiger partial charge on any atom is -0.480 e. The maximum Gasteiger partial charge on any atom is 0.326 e. The fraction of sp³-hybridized carbons (Fsp3) is 0.308. The van der Waals surface area contributed by atoms with Crippen molar-refractivity contribution < 1.29 is 29.2 Å². The normalized spacial score (nSPS) is 11.3. The van der Waals surface area contributed by atoms with E-state index in [4.69, 9.17) is 5.11 Å². The third-order valence-electron chi connectivity index (χ3n) is 2.60. The first kappa shape index (κ1) is 17.1. The van der Waals surface area contributed by atoms with Crippen molar-refractivity contribution in [3.05, 3.63) is 39.9 Å². The maximum atomic E-state index is 11.9. The van der Waals surface area contributed by atoms with Crippen LogP contribution in [0.4, 0.5) is 5.69 Å². The molecule has 1 atom stereocenters. The number of amides is 1. The van der Waals surface area contributed by atoms with E-state index in [0.29, 0.717) is 0 Å². The Balaban J connectivity index is 2.83. The van der Waals surface area contributed by atoms with E-state index in [1.165, 1.54) is 18.2 Å². The zero-order valence-electron chi connectivity index (χ0n) is 11.6. The number of nitro groups is 1. The van der Waals surface area contributed by atoms with Crippen LogP contribution < -0.4 is 5.32 Å². The molecule has 0 aliphatic heterocycles. The number of nitrogens with zero attached hydrogens (tertiary/aromatic N) is 1. The van der Waals surface area contributed by atoms with Gasteiger partial charge in [-0.1, -0.05) is 6.07 Å². The largest absolute Gasteiger partial charge is 0.480 e. The highest BCUT2D eigenvalue weighted by atomic mass is 16.6. The predicted octanol–water partition coefficient (Wildman–Crippen LogP) is 0.731. The first-order valence-electron chi connectivity index (χ1n) is 6.29. The van der Waals surface area contributed by atoms with Crippen LogP contribution in [0.15, 0.2) is 24.3 Å². The quantitative estimate of drug-likeness (QED) is 0.430. The molecular weight excluding hydrogens is 296 g/mol. The summed E-state index contributed by atoms with van der Waals surface area (Å²) < 4.78 is 4.62. The van der Waals surface area contributed by atoms with E-state index in [-0.39, 0.29) is 17.9 Å². The molecule has 0 fully saturated rings. The first-order chi connectivity index (χ1) is 10.3. The average molecular weight is 310 g/mol. The summed E-state index contributed by atoms with van der Waals surface area (Å²) in [6, 6.07) is 3.33. The van der Waals surface area contributed by atoms with Crippen LogP contribution in [0, 0.1) is 10.1 Å². The summed E-state index contributed by atoms with van der Waals surface area (Å²) in [4.78, 5) is 44.2. The summed E-state index contributed by atoms with van der Waals surface area (Å²) in [5.41, 5.74) is -0.380. The van der Waals surface area contributed by atoms with Crippen LogP contribution in [0.1, 0.15) is 23.7 Å². The van der Waals surface area contributed by atoms with Crippen molar-refractivity contribution >= 4 is 23.5 Å². The second kappa shape index (κ2) is 7.72. The van der Waals surface area contributed by atoms with Crippen molar-refractivity contribution in [2.45, 2.75) is 19.4 Å². The van der Waals surface area contributed by atoms with Crippen molar-refractivity contribution in [3.63, 3.8) is 0 Å². The van der Waals surface area contributed by atoms with Crippen molar-refractivity contribution in [2.24, 2.45) is 0 Å². The van der Waals surface area contributed by atoms with Crippen molar-refractivity contribution in [2.75, 3.05) is 6.61 Å². The molecule has 1 rings (SSSR count). The summed E-state index contributed by atoms with van der Waals surface area (Å²) >= 11 is 0. The van der Waals surface area contributed by atoms with E-state index in [9.17, 15) is 24.5 Å². The minimum absolute atomic E-state index is 0.0793. The molecule has 0 saturated heterocycles. The van der Waals surface area contributed by atoms with Gasteiger partial charge in [-0.3, -0.25) is 19.7 Å². The van der Waals surface area contributed by atoms with Gasteiger partial charge in [-0.25, -0.2) is 4.79 Å². The van der Waals surface area contributed by atoms with Crippen LogP contribution in [0.2, 0.25) is 0 Å². The summed E-state index contributed by atoms with van der Waals surface area (Å²) in [5, 5.41) is 21.8. The van der Waals surface area contributed by atoms with Gasteiger partial charge in [-0.05, 0) is 13.0 Å². The van der Waals surface area contributed by atoms with E-state index in [2.05, 4.69) is 10.1 Å². The monoisotopic (exact) mass is 310 g/mol. The molecule has 0 heterocycles. The number of aliphatic carboxylic acids is 1. The summed E-state index contributed by atoms with van der Waals surface area (Å²) in [6.07, 6.45) is -0.538. The Morgan fingerprint density at radius 3 is 2.64 bits per heavy atom. The molecule has 1 aromatic rings. The van der Waals surface area contributed by atoms with Gasteiger partial charge in [0.05, 0.1) is 18.0 Å². The average Bonchev–Trinajstić information content (AvgIpc) is 2.46. The number of carbonyl (C=O) groups is 3. The Morgan fingerprint density at radius 2 is 2.09 bits per heavy atom. The Kier molecular flexibility index (Phi) is 5.99. The Bertz CT molecular complexity index is 600. The number of ether oxygens (including phenoxy) is 1. The molecule has 0 radical (unpaired) electrons. The smallest absolute Gasteiger partial charge is 0.326 e. The molecule has 2 N–H and O–H groups in total. The van der Waals surface area contributed by atoms with Crippen molar-refractivity contribution in [3.8, 4) is 0 Å². The zero-order chi connectivity index (χ0) is 16.7. The highest BCUT2D eigenvalue weighted by molar-refractivity contribution is 5.97. The molecule has 1 amide bonds. The Morgan fingerprint density at radius 1 is 1.41 bits per heavy atom. The minimum atomic E-state index is -1.48. The number of benzene rings is 1. The fourth-order valence-corrected chi connectivity index (χ4v) is 1.59. The highest BCUT2D eigenvalue weighted by Gasteiger charge is 2.25. The lowest BCUT2D eigenvalue weighted by atomic mass is 10.1. The molecule has 0 aliphatic carbocycles. The van der Waals surface area contributed by atoms with Gasteiger partial charge in [0.2, 0.25) is 0 Å². The molecule has 118 valence electrons. The second-order valence-electron chi connectivity index (χ2n) is 4.18. The topological polar surface area (TPSA) is 136 Å². The number of hydrogen-bond donors (Lipinski definition) is 2. The van der Waals surface area contributed by atoms with Gasteiger partial charge in [0.15, 0.2) is 0 Å². The maximum absolute atomic E-state index is 11.9. The van der Waals surface area contributed by atoms with Gasteiger partial charge in [-0.2, -0.15) is 0 Å². The Labute approximate surface area is 125 Å². The van der Waals surface area contributed by atoms with E-state index in [0.717, 1.165) is 6.07 Å². The number of hydrogen-bond acceptors (Lipinski definition) is 6. The predicted molar refractivity (Wildman–Crippen MR) is 73.2 cm³/mol. The lowest BCUT2D eigenvalue weighted by Crippen LogP contribution is -2.42. The van der Waals surface area contributed by atoms with E-state index >= 15 is 0 Å². The van der Waals surface area contributed by atoms with Crippen LogP contribution >= 0.6 is 0 Å². The molecule has 0 unspecified atom stereocenters. The zero-order valence-corrected chi connectivity index (χ0v) is 11.6. The molecule has 22 heavy (non-hydrogen) atoms. The Hall–Kier alpha value is -2.97. The van der Waals surface area contributed by atoms with E-state index in [1.807, 2.05) is 0 Å². The number of esters is 1. The van der Waals surface area contributed by atoms with Gasteiger partial charge < -0.3 is 15.2 Å². The molecule has 0 bridgehead atoms. The van der Waals surface area contributed by atoms with Gasteiger partial charge in [0.25, 0.3) is 11.6 Å². The van der Waals surface area contributed by atoms with Crippen LogP contribution in [0.25, 0.3) is 0 Å². The number of carbonyl (C=O) groups excluding carboxylic acids is 2. The van der Waals surface area contributed by atoms with E-state index < -0.39 is 35.2 Å². The van der Waals surface area contributed by atoms with Gasteiger partial charge >= 0.3 is 11.9 Å². The van der Waals surface area contributed by atoms with Crippen LogP contribution in [-0.2, 0) is 14.3 Å². The summed E-state index contributed by atoms with van der Waals surface area (Å²) in [5.74, 6) is -3.01. The van der Waals surface area contributed by atoms with Crippen LogP contribution in [-0.4, -0.2) is 40.5 Å². The lowest BCUT2D eigenvalue weighted by molar-refractivity contribution is -0.384. The SMILES string of the molecule is CCOC(=O)C[C@@H](NC(=O)c1cccc([N+](=O)[O-])c1)C(=O)O. The molecule has 9 nitrogen and oxygen atoms in total. The molecule has 0 aromatic heterocycles. The van der Waals surface area contributed by atoms with E-state index in [1.54, 1.807) is 6.92 Å². The van der Waals surface area contributed by atoms with Gasteiger partial charge in [-0.15, -0.1) is 0 Å². The number of non-ortho nitro benzene ring substituents is 1. The third kappa shape index (κ3) is 4.85. The van der Waals surface area contributed by atoms with Gasteiger partial charge in [0.1, 0.15) is 6.04 Å². The summed E-state index contributed by atoms with van der Waals surface area (Å²) in [7, 11) is 0. The number of rotatable bonds is 7. The number of carboxylic acids is 1. The van der Waals surface area contributed by atoms with Crippen LogP contribution in [0.5, 0.6) is 0 Å². The number of carboxylic acid groups (broad SMARTS) is 1. The highest BCUT2D eigenvalue weighted by Crippen LogP contribution is 2.13. The molecule has 0 spiro atoms. The van der Waals surface area contributed by atoms with Crippen molar-refractivity contribution in [1.82, 2.24) is 5.32 Å². The van der Waals surface area contributed by atoms with Crippen LogP contribution in [0.3, 0.4) is 0 Å². The van der Waals surface area contributed by atoms with Crippen molar-refractivity contribution in [1.29, 1.82) is 0 Å². The second-order valence-corrected chi connectivity index (χ2v) is 4.18. The molecular formula is C13H14N2O7. The third-order valence-corrected chi connectivity index (χ3v) is 2.60. The molecule has 0 saturated carbocycles. The van der Waals surface area contributed by atoms with Gasteiger partial charge in [0, 0.05) is 17.7 Å². The lowest BCUT2D eigenvalue weighted by Gasteiger charge is -2.13. The standard InChI is InChI=1S/C13H14N2O7/c1-2-22-11(16)7-10(13(18)19)14-12(17)8-4-3-5-9(6-8)15(20)21/h3-6,10H,2,7H2,1H3,(H,14,17)(H,18,19)/t10-/m1/s1.